The molecular formula is C15H14FNO2. The van der Waals surface area contributed by atoms with Gasteiger partial charge in [0.15, 0.2) is 0 Å². The molecular weight excluding hydrogens is 245 g/mol. The van der Waals surface area contributed by atoms with Crippen LogP contribution in [0.1, 0.15) is 11.1 Å². The van der Waals surface area contributed by atoms with Gasteiger partial charge in [0, 0.05) is 12.2 Å². The predicted molar refractivity (Wildman–Crippen MR) is 71.5 cm³/mol. The Morgan fingerprint density at radius 2 is 1.68 bits per heavy atom. The summed E-state index contributed by atoms with van der Waals surface area (Å²) >= 11 is 0. The average Bonchev–Trinajstić information content (AvgIpc) is 2.39. The van der Waals surface area contributed by atoms with Gasteiger partial charge in [-0.1, -0.05) is 24.3 Å². The van der Waals surface area contributed by atoms with Crippen molar-refractivity contribution in [1.82, 2.24) is 0 Å². The van der Waals surface area contributed by atoms with Crippen LogP contribution in [-0.2, 0) is 17.8 Å². The monoisotopic (exact) mass is 259 g/mol. The van der Waals surface area contributed by atoms with Crippen LogP contribution in [0.15, 0.2) is 48.5 Å². The number of aliphatic carboxylic acids is 1. The van der Waals surface area contributed by atoms with E-state index in [4.69, 9.17) is 5.11 Å². The van der Waals surface area contributed by atoms with Crippen LogP contribution in [-0.4, -0.2) is 11.1 Å². The summed E-state index contributed by atoms with van der Waals surface area (Å²) in [6.45, 7) is 0.509. The molecule has 3 nitrogen and oxygen atoms in total. The van der Waals surface area contributed by atoms with E-state index in [1.54, 1.807) is 18.2 Å². The Labute approximate surface area is 110 Å². The molecule has 0 fully saturated rings. The molecule has 0 aliphatic carbocycles. The fourth-order valence-corrected chi connectivity index (χ4v) is 1.83. The van der Waals surface area contributed by atoms with Gasteiger partial charge >= 0.3 is 5.97 Å². The molecule has 98 valence electrons. The first-order valence-electron chi connectivity index (χ1n) is 5.93. The van der Waals surface area contributed by atoms with Crippen LogP contribution in [0, 0.1) is 5.82 Å². The van der Waals surface area contributed by atoms with Gasteiger partial charge in [0.2, 0.25) is 0 Å². The zero-order valence-corrected chi connectivity index (χ0v) is 10.3. The molecule has 0 amide bonds. The first-order chi connectivity index (χ1) is 9.15. The average molecular weight is 259 g/mol. The molecule has 4 heteroatoms. The molecule has 0 spiro atoms. The van der Waals surface area contributed by atoms with Crippen LogP contribution in [0.3, 0.4) is 0 Å². The zero-order valence-electron chi connectivity index (χ0n) is 10.3. The number of nitrogens with one attached hydrogen (secondary N) is 1. The van der Waals surface area contributed by atoms with Gasteiger partial charge in [0.25, 0.3) is 0 Å². The summed E-state index contributed by atoms with van der Waals surface area (Å²) in [4.78, 5) is 10.8. The lowest BCUT2D eigenvalue weighted by molar-refractivity contribution is -0.136. The summed E-state index contributed by atoms with van der Waals surface area (Å²) in [7, 11) is 0. The highest BCUT2D eigenvalue weighted by molar-refractivity contribution is 5.70. The summed E-state index contributed by atoms with van der Waals surface area (Å²) < 4.78 is 12.8. The second-order valence-corrected chi connectivity index (χ2v) is 4.20. The molecule has 19 heavy (non-hydrogen) atoms. The molecule has 2 aromatic rings. The Hall–Kier alpha value is -2.36. The first-order valence-corrected chi connectivity index (χ1v) is 5.93. The highest BCUT2D eigenvalue weighted by Crippen LogP contribution is 2.14. The minimum atomic E-state index is -0.853. The topological polar surface area (TPSA) is 49.3 Å². The van der Waals surface area contributed by atoms with E-state index in [0.717, 1.165) is 16.8 Å². The lowest BCUT2D eigenvalue weighted by Gasteiger charge is -2.10. The van der Waals surface area contributed by atoms with E-state index in [1.807, 2.05) is 18.2 Å². The molecule has 0 aliphatic heterocycles. The molecule has 0 saturated heterocycles. The number of carboxylic acids is 1. The maximum absolute atomic E-state index is 12.8. The number of carboxylic acid groups (broad SMARTS) is 1. The molecule has 0 unspecified atom stereocenters. The van der Waals surface area contributed by atoms with Crippen molar-refractivity contribution in [2.24, 2.45) is 0 Å². The third-order valence-electron chi connectivity index (χ3n) is 2.79. The van der Waals surface area contributed by atoms with Gasteiger partial charge < -0.3 is 10.4 Å². The van der Waals surface area contributed by atoms with Crippen molar-refractivity contribution in [3.63, 3.8) is 0 Å². The summed E-state index contributed by atoms with van der Waals surface area (Å²) in [6.07, 6.45) is 0.00126. The van der Waals surface area contributed by atoms with Crippen LogP contribution in [0.5, 0.6) is 0 Å². The fourth-order valence-electron chi connectivity index (χ4n) is 1.83. The summed E-state index contributed by atoms with van der Waals surface area (Å²) in [5.74, 6) is -1.13. The van der Waals surface area contributed by atoms with E-state index in [1.165, 1.54) is 12.1 Å². The van der Waals surface area contributed by atoms with Crippen molar-refractivity contribution in [2.45, 2.75) is 13.0 Å². The first kappa shape index (κ1) is 13.1. The van der Waals surface area contributed by atoms with Crippen LogP contribution in [0.25, 0.3) is 0 Å². The van der Waals surface area contributed by atoms with E-state index in [2.05, 4.69) is 5.32 Å². The summed E-state index contributed by atoms with van der Waals surface area (Å²) in [5, 5.41) is 12.0. The summed E-state index contributed by atoms with van der Waals surface area (Å²) in [6, 6.07) is 13.4. The Morgan fingerprint density at radius 1 is 1.05 bits per heavy atom. The number of rotatable bonds is 5. The van der Waals surface area contributed by atoms with Gasteiger partial charge in [0.05, 0.1) is 6.42 Å². The number of hydrogen-bond acceptors (Lipinski definition) is 2. The molecule has 0 aliphatic rings. The van der Waals surface area contributed by atoms with E-state index in [9.17, 15) is 9.18 Å². The Morgan fingerprint density at radius 3 is 2.32 bits per heavy atom. The normalized spacial score (nSPS) is 10.2. The van der Waals surface area contributed by atoms with Crippen LogP contribution < -0.4 is 5.32 Å². The lowest BCUT2D eigenvalue weighted by atomic mass is 10.0. The van der Waals surface area contributed by atoms with Crippen molar-refractivity contribution in [2.75, 3.05) is 5.32 Å². The van der Waals surface area contributed by atoms with Gasteiger partial charge in [-0.2, -0.15) is 0 Å². The van der Waals surface area contributed by atoms with Gasteiger partial charge in [-0.05, 0) is 35.4 Å². The second-order valence-electron chi connectivity index (χ2n) is 4.20. The number of anilines is 1. The van der Waals surface area contributed by atoms with Gasteiger partial charge in [-0.15, -0.1) is 0 Å². The standard InChI is InChI=1S/C15H14FNO2/c16-13-5-7-14(8-6-13)17-10-12-4-2-1-3-11(12)9-15(18)19/h1-8,17H,9-10H2,(H,18,19). The molecule has 0 heterocycles. The Bertz CT molecular complexity index is 567. The molecule has 0 radical (unpaired) electrons. The van der Waals surface area contributed by atoms with E-state index >= 15 is 0 Å². The molecule has 0 bridgehead atoms. The molecule has 2 rings (SSSR count). The molecule has 0 aromatic heterocycles. The highest BCUT2D eigenvalue weighted by Gasteiger charge is 2.05. The number of halogens is 1. The van der Waals surface area contributed by atoms with Crippen LogP contribution in [0.4, 0.5) is 10.1 Å². The van der Waals surface area contributed by atoms with Gasteiger partial charge in [-0.3, -0.25) is 4.79 Å². The van der Waals surface area contributed by atoms with Gasteiger partial charge in [-0.25, -0.2) is 4.39 Å². The van der Waals surface area contributed by atoms with Crippen LogP contribution in [0.2, 0.25) is 0 Å². The molecule has 2 N–H and O–H groups in total. The quantitative estimate of drug-likeness (QED) is 0.867. The predicted octanol–water partition coefficient (Wildman–Crippen LogP) is 3.06. The van der Waals surface area contributed by atoms with Crippen molar-refractivity contribution in [3.05, 3.63) is 65.5 Å². The largest absolute Gasteiger partial charge is 0.481 e. The molecule has 0 saturated carbocycles. The fraction of sp³-hybridized carbons (Fsp3) is 0.133. The van der Waals surface area contributed by atoms with E-state index in [-0.39, 0.29) is 12.2 Å². The third-order valence-corrected chi connectivity index (χ3v) is 2.79. The maximum atomic E-state index is 12.8. The minimum absolute atomic E-state index is 0.00126. The lowest BCUT2D eigenvalue weighted by Crippen LogP contribution is -2.07. The zero-order chi connectivity index (χ0) is 13.7. The Kier molecular flexibility index (Phi) is 4.13. The molecule has 0 atom stereocenters. The highest BCUT2D eigenvalue weighted by atomic mass is 19.1. The Balaban J connectivity index is 2.06. The minimum Gasteiger partial charge on any atom is -0.481 e. The third kappa shape index (κ3) is 3.81. The van der Waals surface area contributed by atoms with E-state index < -0.39 is 5.97 Å². The number of benzene rings is 2. The number of hydrogen-bond donors (Lipinski definition) is 2. The van der Waals surface area contributed by atoms with Crippen LogP contribution >= 0.6 is 0 Å². The smallest absolute Gasteiger partial charge is 0.307 e. The van der Waals surface area contributed by atoms with E-state index in [0.29, 0.717) is 6.54 Å². The SMILES string of the molecule is O=C(O)Cc1ccccc1CNc1ccc(F)cc1. The van der Waals surface area contributed by atoms with Crippen molar-refractivity contribution in [3.8, 4) is 0 Å². The van der Waals surface area contributed by atoms with Crippen molar-refractivity contribution < 1.29 is 14.3 Å². The van der Waals surface area contributed by atoms with Gasteiger partial charge in [0.1, 0.15) is 5.82 Å². The maximum Gasteiger partial charge on any atom is 0.307 e. The second kappa shape index (κ2) is 6.00. The summed E-state index contributed by atoms with van der Waals surface area (Å²) in [5.41, 5.74) is 2.50. The number of carbonyl (C=O) groups is 1. The van der Waals surface area contributed by atoms with Crippen molar-refractivity contribution >= 4 is 11.7 Å². The molecule has 2 aromatic carbocycles. The van der Waals surface area contributed by atoms with Crippen molar-refractivity contribution in [1.29, 1.82) is 0 Å².